The lowest BCUT2D eigenvalue weighted by Gasteiger charge is -2.17. The smallest absolute Gasteiger partial charge is 0.119 e. The molecule has 24 heavy (non-hydrogen) atoms. The van der Waals surface area contributed by atoms with Crippen molar-refractivity contribution in [1.29, 1.82) is 0 Å². The third kappa shape index (κ3) is 5.66. The molecule has 0 aliphatic heterocycles. The van der Waals surface area contributed by atoms with Gasteiger partial charge in [0.15, 0.2) is 0 Å². The van der Waals surface area contributed by atoms with Crippen LogP contribution >= 0.6 is 0 Å². The summed E-state index contributed by atoms with van der Waals surface area (Å²) in [4.78, 5) is 0. The van der Waals surface area contributed by atoms with Gasteiger partial charge in [0, 0.05) is 12.1 Å². The fraction of sp³-hybridized carbons (Fsp3) is 0.429. The second-order valence-corrected chi connectivity index (χ2v) is 6.40. The number of rotatable bonds is 9. The van der Waals surface area contributed by atoms with Crippen LogP contribution in [0, 0.1) is 6.92 Å². The zero-order chi connectivity index (χ0) is 17.4. The fourth-order valence-electron chi connectivity index (χ4n) is 2.81. The minimum atomic E-state index is 0.328. The van der Waals surface area contributed by atoms with Crippen LogP contribution in [0.2, 0.25) is 0 Å². The van der Waals surface area contributed by atoms with Crippen molar-refractivity contribution >= 4 is 0 Å². The SMILES string of the molecule is COc1cccc([C@@H](C)NCCCN[C@H](C)c2cccc(C)c2)c1. The molecule has 2 N–H and O–H groups in total. The third-order valence-corrected chi connectivity index (χ3v) is 4.39. The van der Waals surface area contributed by atoms with Gasteiger partial charge in [0.1, 0.15) is 5.75 Å². The fourth-order valence-corrected chi connectivity index (χ4v) is 2.81. The van der Waals surface area contributed by atoms with E-state index in [-0.39, 0.29) is 0 Å². The Morgan fingerprint density at radius 3 is 2.04 bits per heavy atom. The molecule has 0 aliphatic carbocycles. The highest BCUT2D eigenvalue weighted by Crippen LogP contribution is 2.18. The van der Waals surface area contributed by atoms with E-state index < -0.39 is 0 Å². The van der Waals surface area contributed by atoms with E-state index in [4.69, 9.17) is 4.74 Å². The van der Waals surface area contributed by atoms with E-state index in [0.29, 0.717) is 12.1 Å². The topological polar surface area (TPSA) is 33.3 Å². The second-order valence-electron chi connectivity index (χ2n) is 6.40. The van der Waals surface area contributed by atoms with E-state index in [1.807, 2.05) is 12.1 Å². The summed E-state index contributed by atoms with van der Waals surface area (Å²) >= 11 is 0. The van der Waals surface area contributed by atoms with Gasteiger partial charge in [0.2, 0.25) is 0 Å². The molecule has 0 bridgehead atoms. The van der Waals surface area contributed by atoms with E-state index in [1.54, 1.807) is 7.11 Å². The van der Waals surface area contributed by atoms with E-state index in [0.717, 1.165) is 25.3 Å². The maximum Gasteiger partial charge on any atom is 0.119 e. The van der Waals surface area contributed by atoms with Gasteiger partial charge in [-0.3, -0.25) is 0 Å². The van der Waals surface area contributed by atoms with Gasteiger partial charge in [0.25, 0.3) is 0 Å². The van der Waals surface area contributed by atoms with Crippen LogP contribution in [0.25, 0.3) is 0 Å². The first-order chi connectivity index (χ1) is 11.6. The Hall–Kier alpha value is -1.84. The van der Waals surface area contributed by atoms with E-state index >= 15 is 0 Å². The first kappa shape index (κ1) is 18.5. The normalized spacial score (nSPS) is 13.5. The second kappa shape index (κ2) is 9.45. The number of ether oxygens (including phenoxy) is 1. The number of methoxy groups -OCH3 is 1. The molecule has 3 nitrogen and oxygen atoms in total. The molecular formula is C21H30N2O. The summed E-state index contributed by atoms with van der Waals surface area (Å²) in [6.07, 6.45) is 1.10. The largest absolute Gasteiger partial charge is 0.497 e. The van der Waals surface area contributed by atoms with Crippen molar-refractivity contribution < 1.29 is 4.74 Å². The first-order valence-electron chi connectivity index (χ1n) is 8.77. The van der Waals surface area contributed by atoms with Gasteiger partial charge in [-0.2, -0.15) is 0 Å². The highest BCUT2D eigenvalue weighted by atomic mass is 16.5. The molecule has 2 atom stereocenters. The molecular weight excluding hydrogens is 296 g/mol. The Morgan fingerprint density at radius 1 is 0.875 bits per heavy atom. The summed E-state index contributed by atoms with van der Waals surface area (Å²) in [5.74, 6) is 0.912. The molecule has 2 rings (SSSR count). The predicted octanol–water partition coefficient (Wildman–Crippen LogP) is 4.40. The highest BCUT2D eigenvalue weighted by Gasteiger charge is 2.06. The van der Waals surface area contributed by atoms with Crippen LogP contribution in [-0.4, -0.2) is 20.2 Å². The van der Waals surface area contributed by atoms with E-state index in [9.17, 15) is 0 Å². The molecule has 0 saturated heterocycles. The Kier molecular flexibility index (Phi) is 7.29. The summed E-state index contributed by atoms with van der Waals surface area (Å²) < 4.78 is 5.29. The summed E-state index contributed by atoms with van der Waals surface area (Å²) in [6.45, 7) is 8.55. The molecule has 2 aromatic carbocycles. The summed E-state index contributed by atoms with van der Waals surface area (Å²) in [5.41, 5.74) is 3.93. The van der Waals surface area contributed by atoms with Crippen LogP contribution in [0.4, 0.5) is 0 Å². The van der Waals surface area contributed by atoms with E-state index in [2.05, 4.69) is 67.8 Å². The van der Waals surface area contributed by atoms with Crippen LogP contribution in [0.1, 0.15) is 49.0 Å². The van der Waals surface area contributed by atoms with Crippen molar-refractivity contribution in [2.24, 2.45) is 0 Å². The Labute approximate surface area is 146 Å². The molecule has 0 saturated carbocycles. The maximum atomic E-state index is 5.29. The van der Waals surface area contributed by atoms with Gasteiger partial charge in [-0.05, 0) is 63.5 Å². The van der Waals surface area contributed by atoms with Crippen molar-refractivity contribution in [1.82, 2.24) is 10.6 Å². The average molecular weight is 326 g/mol. The molecule has 0 heterocycles. The molecule has 130 valence electrons. The Balaban J connectivity index is 1.69. The minimum absolute atomic E-state index is 0.328. The zero-order valence-electron chi connectivity index (χ0n) is 15.3. The standard InChI is InChI=1S/C21H30N2O/c1-16-8-5-9-19(14-16)17(2)22-12-7-13-23-18(3)20-10-6-11-21(15-20)24-4/h5-6,8-11,14-15,17-18,22-23H,7,12-13H2,1-4H3/t17-,18-/m1/s1. The average Bonchev–Trinajstić information content (AvgIpc) is 2.61. The molecule has 3 heteroatoms. The van der Waals surface area contributed by atoms with Crippen molar-refractivity contribution in [2.45, 2.75) is 39.3 Å². The molecule has 2 aromatic rings. The van der Waals surface area contributed by atoms with Crippen molar-refractivity contribution in [2.75, 3.05) is 20.2 Å². The predicted molar refractivity (Wildman–Crippen MR) is 102 cm³/mol. The highest BCUT2D eigenvalue weighted by molar-refractivity contribution is 5.30. The molecule has 0 fully saturated rings. The van der Waals surface area contributed by atoms with Gasteiger partial charge >= 0.3 is 0 Å². The quantitative estimate of drug-likeness (QED) is 0.670. The lowest BCUT2D eigenvalue weighted by atomic mass is 10.1. The third-order valence-electron chi connectivity index (χ3n) is 4.39. The van der Waals surface area contributed by atoms with Gasteiger partial charge in [0.05, 0.1) is 7.11 Å². The van der Waals surface area contributed by atoms with Crippen LogP contribution in [0.5, 0.6) is 5.75 Å². The van der Waals surface area contributed by atoms with Crippen LogP contribution < -0.4 is 15.4 Å². The lowest BCUT2D eigenvalue weighted by molar-refractivity contribution is 0.413. The van der Waals surface area contributed by atoms with Crippen LogP contribution in [-0.2, 0) is 0 Å². The summed E-state index contributed by atoms with van der Waals surface area (Å²) in [6, 6.07) is 17.7. The van der Waals surface area contributed by atoms with Crippen LogP contribution in [0.15, 0.2) is 48.5 Å². The maximum absolute atomic E-state index is 5.29. The van der Waals surface area contributed by atoms with Crippen molar-refractivity contribution in [3.05, 3.63) is 65.2 Å². The van der Waals surface area contributed by atoms with Crippen molar-refractivity contribution in [3.8, 4) is 5.75 Å². The van der Waals surface area contributed by atoms with Crippen LogP contribution in [0.3, 0.4) is 0 Å². The van der Waals surface area contributed by atoms with E-state index in [1.165, 1.54) is 16.7 Å². The molecule has 0 aromatic heterocycles. The molecule has 0 amide bonds. The number of hydrogen-bond donors (Lipinski definition) is 2. The van der Waals surface area contributed by atoms with Gasteiger partial charge in [-0.1, -0.05) is 42.0 Å². The number of aryl methyl sites for hydroxylation is 1. The Bertz CT molecular complexity index is 627. The summed E-state index contributed by atoms with van der Waals surface area (Å²) in [7, 11) is 1.71. The molecule has 0 radical (unpaired) electrons. The number of hydrogen-bond acceptors (Lipinski definition) is 3. The van der Waals surface area contributed by atoms with Gasteiger partial charge in [-0.25, -0.2) is 0 Å². The zero-order valence-corrected chi connectivity index (χ0v) is 15.3. The first-order valence-corrected chi connectivity index (χ1v) is 8.77. The number of nitrogens with one attached hydrogen (secondary N) is 2. The van der Waals surface area contributed by atoms with Gasteiger partial charge < -0.3 is 15.4 Å². The minimum Gasteiger partial charge on any atom is -0.497 e. The lowest BCUT2D eigenvalue weighted by Crippen LogP contribution is -2.25. The summed E-state index contributed by atoms with van der Waals surface area (Å²) in [5, 5.41) is 7.18. The monoisotopic (exact) mass is 326 g/mol. The molecule has 0 unspecified atom stereocenters. The van der Waals surface area contributed by atoms with Gasteiger partial charge in [-0.15, -0.1) is 0 Å². The molecule has 0 aliphatic rings. The van der Waals surface area contributed by atoms with Crippen molar-refractivity contribution in [3.63, 3.8) is 0 Å². The Morgan fingerprint density at radius 2 is 1.46 bits per heavy atom. The molecule has 0 spiro atoms. The number of benzene rings is 2.